The van der Waals surface area contributed by atoms with Crippen LogP contribution in [0.15, 0.2) is 41.5 Å². The summed E-state index contributed by atoms with van der Waals surface area (Å²) in [6.45, 7) is 11.0. The van der Waals surface area contributed by atoms with Crippen molar-refractivity contribution >= 4 is 44.7 Å². The molecule has 42 heavy (non-hydrogen) atoms. The molecule has 11 heteroatoms. The number of unbranched alkanes of at least 4 members (excludes halogenated alkanes) is 3. The van der Waals surface area contributed by atoms with Gasteiger partial charge in [-0.3, -0.25) is 4.79 Å². The number of amides is 2. The van der Waals surface area contributed by atoms with E-state index in [1.807, 2.05) is 24.3 Å². The lowest BCUT2D eigenvalue weighted by molar-refractivity contribution is -0.153. The molecule has 0 radical (unpaired) electrons. The minimum absolute atomic E-state index is 0.126. The Labute approximate surface area is 256 Å². The Morgan fingerprint density at radius 1 is 1.24 bits per heavy atom. The lowest BCUT2D eigenvalue weighted by Crippen LogP contribution is -2.52. The third kappa shape index (κ3) is 9.08. The van der Waals surface area contributed by atoms with E-state index in [9.17, 15) is 14.4 Å². The van der Waals surface area contributed by atoms with E-state index in [-0.39, 0.29) is 25.5 Å². The summed E-state index contributed by atoms with van der Waals surface area (Å²) in [4.78, 5) is 45.6. The zero-order valence-corrected chi connectivity index (χ0v) is 26.7. The number of benzene rings is 1. The lowest BCUT2D eigenvalue weighted by atomic mass is 10.1. The first-order chi connectivity index (χ1) is 20.0. The molecule has 2 aromatic rings. The first-order valence-corrected chi connectivity index (χ1v) is 15.1. The van der Waals surface area contributed by atoms with E-state index >= 15 is 0 Å². The van der Waals surface area contributed by atoms with Gasteiger partial charge >= 0.3 is 12.1 Å². The number of hydrogen-bond acceptors (Lipinski definition) is 8. The third-order valence-corrected chi connectivity index (χ3v) is 7.39. The lowest BCUT2D eigenvalue weighted by Gasteiger charge is -2.29. The molecule has 1 aromatic heterocycles. The number of methoxy groups -OCH3 is 1. The Morgan fingerprint density at radius 2 is 2.00 bits per heavy atom. The monoisotopic (exact) mass is 647 g/mol. The van der Waals surface area contributed by atoms with E-state index in [1.165, 1.54) is 4.90 Å². The van der Waals surface area contributed by atoms with Gasteiger partial charge in [-0.2, -0.15) is 0 Å². The predicted octanol–water partition coefficient (Wildman–Crippen LogP) is 5.95. The second kappa shape index (κ2) is 15.2. The van der Waals surface area contributed by atoms with Gasteiger partial charge in [-0.15, -0.1) is 6.58 Å². The number of rotatable bonds is 13. The second-order valence-electron chi connectivity index (χ2n) is 11.2. The maximum Gasteiger partial charge on any atom is 0.408 e. The number of carbonyl (C=O) groups excluding carboxylic acids is 3. The maximum atomic E-state index is 14.0. The quantitative estimate of drug-likeness (QED) is 0.161. The molecule has 0 spiro atoms. The van der Waals surface area contributed by atoms with Crippen molar-refractivity contribution in [3.63, 3.8) is 0 Å². The van der Waals surface area contributed by atoms with E-state index in [2.05, 4.69) is 32.8 Å². The molecule has 2 heterocycles. The predicted molar refractivity (Wildman–Crippen MR) is 164 cm³/mol. The van der Waals surface area contributed by atoms with E-state index in [0.29, 0.717) is 24.5 Å². The number of ether oxygens (including phenoxy) is 4. The molecule has 1 saturated heterocycles. The molecule has 1 aliphatic rings. The first-order valence-electron chi connectivity index (χ1n) is 14.3. The highest BCUT2D eigenvalue weighted by molar-refractivity contribution is 9.10. The standard InChI is InChI=1S/C31H42BrN3O7/c1-7-9-10-11-12-13-24(34-30(38)42-31(3,4)5)28(36)35-19-21(17-25(35)29(37)40-8-2)41-27-22-18-23(32)26(39-6)16-20(22)14-15-33-27/h7,14-16,18,21,24-25H,1,8-13,17,19H2,2-6H3,(H,34,38)/t21?,24-,25-/m0/s1. The zero-order chi connectivity index (χ0) is 30.9. The normalized spacial score (nSPS) is 17.4. The number of nitrogens with zero attached hydrogens (tertiary/aromatic N) is 2. The SMILES string of the molecule is C=CCCCCC[C@H](NC(=O)OC(C)(C)C)C(=O)N1CC(Oc2nccc3cc(OC)c(Br)cc23)C[C@H]1C(=O)OCC. The van der Waals surface area contributed by atoms with Crippen LogP contribution in [0.2, 0.25) is 0 Å². The van der Waals surface area contributed by atoms with Crippen LogP contribution in [-0.2, 0) is 19.1 Å². The van der Waals surface area contributed by atoms with Crippen molar-refractivity contribution in [3.05, 3.63) is 41.5 Å². The Balaban J connectivity index is 1.85. The molecule has 1 N–H and O–H groups in total. The number of pyridine rings is 1. The van der Waals surface area contributed by atoms with Crippen molar-refractivity contribution in [2.45, 2.75) is 90.0 Å². The van der Waals surface area contributed by atoms with E-state index in [1.54, 1.807) is 41.0 Å². The van der Waals surface area contributed by atoms with Crippen LogP contribution in [-0.4, -0.2) is 71.9 Å². The van der Waals surface area contributed by atoms with Gasteiger partial charge in [0.2, 0.25) is 11.8 Å². The number of hydrogen-bond donors (Lipinski definition) is 1. The van der Waals surface area contributed by atoms with Gasteiger partial charge in [-0.25, -0.2) is 14.6 Å². The molecule has 1 fully saturated rings. The topological polar surface area (TPSA) is 116 Å². The van der Waals surface area contributed by atoms with Crippen LogP contribution >= 0.6 is 15.9 Å². The van der Waals surface area contributed by atoms with Gasteiger partial charge < -0.3 is 29.2 Å². The summed E-state index contributed by atoms with van der Waals surface area (Å²) in [5, 5.41) is 4.37. The van der Waals surface area contributed by atoms with Crippen LogP contribution in [0.25, 0.3) is 10.8 Å². The molecule has 10 nitrogen and oxygen atoms in total. The average Bonchev–Trinajstić information content (AvgIpc) is 3.35. The van der Waals surface area contributed by atoms with Gasteiger partial charge in [0.1, 0.15) is 29.5 Å². The van der Waals surface area contributed by atoms with E-state index in [0.717, 1.165) is 34.5 Å². The minimum atomic E-state index is -0.877. The van der Waals surface area contributed by atoms with Gasteiger partial charge in [0, 0.05) is 18.0 Å². The molecule has 230 valence electrons. The number of likely N-dealkylation sites (tertiary alicyclic amines) is 1. The Morgan fingerprint density at radius 3 is 2.67 bits per heavy atom. The zero-order valence-electron chi connectivity index (χ0n) is 25.1. The van der Waals surface area contributed by atoms with Crippen molar-refractivity contribution in [1.82, 2.24) is 15.2 Å². The number of allylic oxidation sites excluding steroid dienone is 1. The maximum absolute atomic E-state index is 14.0. The van der Waals surface area contributed by atoms with E-state index < -0.39 is 35.9 Å². The highest BCUT2D eigenvalue weighted by Gasteiger charge is 2.44. The van der Waals surface area contributed by atoms with Crippen molar-refractivity contribution in [1.29, 1.82) is 0 Å². The largest absolute Gasteiger partial charge is 0.496 e. The fraction of sp³-hybridized carbons (Fsp3) is 0.548. The van der Waals surface area contributed by atoms with E-state index in [4.69, 9.17) is 18.9 Å². The number of alkyl carbamates (subject to hydrolysis) is 1. The summed E-state index contributed by atoms with van der Waals surface area (Å²) < 4.78 is 23.2. The summed E-state index contributed by atoms with van der Waals surface area (Å²) in [7, 11) is 1.59. The van der Waals surface area contributed by atoms with Gasteiger partial charge in [-0.05, 0) is 86.5 Å². The summed E-state index contributed by atoms with van der Waals surface area (Å²) in [5.74, 6) is 0.153. The van der Waals surface area contributed by atoms with Crippen molar-refractivity contribution in [3.8, 4) is 11.6 Å². The highest BCUT2D eigenvalue weighted by Crippen LogP contribution is 2.35. The molecule has 0 aliphatic carbocycles. The molecule has 3 atom stereocenters. The molecule has 1 aromatic carbocycles. The molecule has 3 rings (SSSR count). The molecular formula is C31H42BrN3O7. The third-order valence-electron chi connectivity index (χ3n) is 6.77. The average molecular weight is 649 g/mol. The van der Waals surface area contributed by atoms with Gasteiger partial charge in [0.05, 0.1) is 24.7 Å². The summed E-state index contributed by atoms with van der Waals surface area (Å²) in [6.07, 6.45) is 6.27. The molecular weight excluding hydrogens is 606 g/mol. The second-order valence-corrected chi connectivity index (χ2v) is 12.0. The molecule has 0 saturated carbocycles. The highest BCUT2D eigenvalue weighted by atomic mass is 79.9. The Hall–Kier alpha value is -3.34. The Bertz CT molecular complexity index is 1260. The van der Waals surface area contributed by atoms with Crippen molar-refractivity contribution in [2.24, 2.45) is 0 Å². The molecule has 1 unspecified atom stereocenters. The van der Waals surface area contributed by atoms with Crippen LogP contribution in [0.1, 0.15) is 66.2 Å². The fourth-order valence-electron chi connectivity index (χ4n) is 4.86. The number of esters is 1. The van der Waals surface area contributed by atoms with Crippen LogP contribution in [0.5, 0.6) is 11.6 Å². The molecule has 0 bridgehead atoms. The fourth-order valence-corrected chi connectivity index (χ4v) is 5.37. The van der Waals surface area contributed by atoms with Gasteiger partial charge in [-0.1, -0.05) is 18.9 Å². The molecule has 2 amide bonds. The van der Waals surface area contributed by atoms with Crippen LogP contribution in [0.4, 0.5) is 4.79 Å². The minimum Gasteiger partial charge on any atom is -0.496 e. The number of nitrogens with one attached hydrogen (secondary N) is 1. The summed E-state index contributed by atoms with van der Waals surface area (Å²) in [5.41, 5.74) is -0.730. The van der Waals surface area contributed by atoms with Gasteiger partial charge in [0.15, 0.2) is 0 Å². The number of aromatic nitrogens is 1. The smallest absolute Gasteiger partial charge is 0.408 e. The number of fused-ring (bicyclic) bond motifs is 1. The van der Waals surface area contributed by atoms with Crippen LogP contribution in [0.3, 0.4) is 0 Å². The van der Waals surface area contributed by atoms with Gasteiger partial charge in [0.25, 0.3) is 0 Å². The van der Waals surface area contributed by atoms with Crippen molar-refractivity contribution in [2.75, 3.05) is 20.3 Å². The first kappa shape index (κ1) is 33.2. The van der Waals surface area contributed by atoms with Crippen LogP contribution in [0, 0.1) is 0 Å². The van der Waals surface area contributed by atoms with Crippen molar-refractivity contribution < 1.29 is 33.3 Å². The number of halogens is 1. The summed E-state index contributed by atoms with van der Waals surface area (Å²) >= 11 is 3.51. The Kier molecular flexibility index (Phi) is 12.0. The number of carbonyl (C=O) groups is 3. The molecule has 1 aliphatic heterocycles. The van der Waals surface area contributed by atoms with Crippen LogP contribution < -0.4 is 14.8 Å². The summed E-state index contributed by atoms with van der Waals surface area (Å²) in [6, 6.07) is 3.85.